The number of aliphatic carboxylic acids is 1. The molecular weight excluding hydrogens is 476 g/mol. The fraction of sp³-hybridized carbons (Fsp3) is 0.714. The van der Waals surface area contributed by atoms with E-state index in [1.807, 2.05) is 0 Å². The van der Waals surface area contributed by atoms with E-state index in [0.29, 0.717) is 6.42 Å². The predicted molar refractivity (Wildman–Crippen MR) is 130 cm³/mol. The summed E-state index contributed by atoms with van der Waals surface area (Å²) < 4.78 is 0. The maximum atomic E-state index is 12.9. The number of carbonyl (C=O) groups is 5. The van der Waals surface area contributed by atoms with Crippen LogP contribution in [0.5, 0.6) is 0 Å². The Morgan fingerprint density at radius 1 is 0.889 bits per heavy atom. The number of carbonyl (C=O) groups excluding carboxylic acids is 4. The van der Waals surface area contributed by atoms with Crippen molar-refractivity contribution in [1.82, 2.24) is 21.3 Å². The molecule has 0 rings (SSSR count). The zero-order valence-corrected chi connectivity index (χ0v) is 20.9. The first kappa shape index (κ1) is 32.5. The summed E-state index contributed by atoms with van der Waals surface area (Å²) in [7, 11) is 0. The number of hydrogen-bond donors (Lipinski definition) is 10. The molecule has 0 aliphatic heterocycles. The Kier molecular flexibility index (Phi) is 14.7. The van der Waals surface area contributed by atoms with E-state index in [4.69, 9.17) is 22.6 Å². The molecule has 4 amide bonds. The number of nitrogens with one attached hydrogen (secondary N) is 5. The number of amides is 4. The molecule has 0 unspecified atom stereocenters. The maximum absolute atomic E-state index is 12.9. The minimum Gasteiger partial charge on any atom is -0.480 e. The Labute approximate surface area is 209 Å². The molecule has 0 spiro atoms. The Morgan fingerprint density at radius 3 is 1.94 bits per heavy atom. The standard InChI is InChI=1S/C21H40N8O7/c1-10(2)9-14(18(33)27-13(20(35)36)5-4-8-26-21(24)25)28-19(34)16(11(3)30)29-17(32)12(22)6-7-15(23)31/h10-14,16,30H,4-9,22H2,1-3H3,(H2,23,31)(H,27,33)(H,28,34)(H,29,32)(H,35,36)(H4,24,25,26)/t11-,12+,13+,14+,16+/m1/s1. The van der Waals surface area contributed by atoms with Gasteiger partial charge in [0, 0.05) is 13.0 Å². The quantitative estimate of drug-likeness (QED) is 0.0525. The molecule has 0 radical (unpaired) electrons. The van der Waals surface area contributed by atoms with Gasteiger partial charge < -0.3 is 48.7 Å². The Hall–Kier alpha value is -3.46. The van der Waals surface area contributed by atoms with Gasteiger partial charge in [0.05, 0.1) is 12.1 Å². The number of hydrogen-bond acceptors (Lipinski definition) is 8. The van der Waals surface area contributed by atoms with E-state index < -0.39 is 59.9 Å². The molecule has 0 aliphatic rings. The van der Waals surface area contributed by atoms with Crippen LogP contribution >= 0.6 is 0 Å². The summed E-state index contributed by atoms with van der Waals surface area (Å²) in [6, 6.07) is -5.03. The average molecular weight is 517 g/mol. The molecule has 206 valence electrons. The first-order chi connectivity index (χ1) is 16.6. The van der Waals surface area contributed by atoms with Gasteiger partial charge in [0.2, 0.25) is 23.6 Å². The lowest BCUT2D eigenvalue weighted by Gasteiger charge is -2.27. The van der Waals surface area contributed by atoms with E-state index in [1.165, 1.54) is 6.92 Å². The summed E-state index contributed by atoms with van der Waals surface area (Å²) >= 11 is 0. The van der Waals surface area contributed by atoms with Gasteiger partial charge in [-0.2, -0.15) is 0 Å². The van der Waals surface area contributed by atoms with Crippen LogP contribution in [0.4, 0.5) is 0 Å². The molecule has 0 aromatic rings. The number of aliphatic hydroxyl groups is 1. The highest BCUT2D eigenvalue weighted by molar-refractivity contribution is 5.94. The molecule has 5 atom stereocenters. The lowest BCUT2D eigenvalue weighted by atomic mass is 10.0. The van der Waals surface area contributed by atoms with Crippen molar-refractivity contribution in [3.05, 3.63) is 0 Å². The van der Waals surface area contributed by atoms with Gasteiger partial charge in [-0.15, -0.1) is 0 Å². The number of primary amides is 1. The number of aliphatic hydroxyl groups excluding tert-OH is 1. The molecule has 0 bridgehead atoms. The van der Waals surface area contributed by atoms with E-state index in [-0.39, 0.29) is 44.1 Å². The second-order valence-corrected chi connectivity index (χ2v) is 8.91. The van der Waals surface area contributed by atoms with Crippen LogP contribution in [0.15, 0.2) is 0 Å². The van der Waals surface area contributed by atoms with Gasteiger partial charge >= 0.3 is 5.97 Å². The van der Waals surface area contributed by atoms with E-state index in [2.05, 4.69) is 21.3 Å². The zero-order chi connectivity index (χ0) is 28.0. The second kappa shape index (κ2) is 16.3. The van der Waals surface area contributed by atoms with Crippen molar-refractivity contribution < 1.29 is 34.2 Å². The third kappa shape index (κ3) is 13.4. The highest BCUT2D eigenvalue weighted by Gasteiger charge is 2.32. The minimum atomic E-state index is -1.47. The van der Waals surface area contributed by atoms with Crippen molar-refractivity contribution in [3.8, 4) is 0 Å². The number of carboxylic acid groups (broad SMARTS) is 1. The van der Waals surface area contributed by atoms with Gasteiger partial charge in [0.1, 0.15) is 18.1 Å². The third-order valence-electron chi connectivity index (χ3n) is 5.04. The van der Waals surface area contributed by atoms with Crippen LogP contribution in [-0.2, 0) is 24.0 Å². The third-order valence-corrected chi connectivity index (χ3v) is 5.04. The van der Waals surface area contributed by atoms with E-state index in [0.717, 1.165) is 0 Å². The molecule has 0 aromatic heterocycles. The van der Waals surface area contributed by atoms with Gasteiger partial charge in [-0.05, 0) is 38.5 Å². The molecule has 15 heteroatoms. The molecule has 0 aliphatic carbocycles. The normalized spacial score (nSPS) is 15.1. The highest BCUT2D eigenvalue weighted by Crippen LogP contribution is 2.08. The molecule has 0 heterocycles. The van der Waals surface area contributed by atoms with Crippen molar-refractivity contribution in [2.24, 2.45) is 23.1 Å². The van der Waals surface area contributed by atoms with Crippen molar-refractivity contribution in [3.63, 3.8) is 0 Å². The Balaban J connectivity index is 5.35. The lowest BCUT2D eigenvalue weighted by molar-refractivity contribution is -0.142. The van der Waals surface area contributed by atoms with E-state index >= 15 is 0 Å². The SMILES string of the molecule is CC(C)C[C@H](NC(=O)[C@@H](NC(=O)[C@@H](N)CCC(N)=O)[C@@H](C)O)C(=O)N[C@@H](CCCNC(=N)N)C(=O)O. The van der Waals surface area contributed by atoms with Gasteiger partial charge in [-0.3, -0.25) is 24.6 Å². The summed E-state index contributed by atoms with van der Waals surface area (Å²) in [5.41, 5.74) is 15.9. The summed E-state index contributed by atoms with van der Waals surface area (Å²) in [6.07, 6.45) is -1.09. The molecular formula is C21H40N8O7. The van der Waals surface area contributed by atoms with Crippen LogP contribution in [0, 0.1) is 11.3 Å². The van der Waals surface area contributed by atoms with E-state index in [9.17, 15) is 34.2 Å². The fourth-order valence-electron chi connectivity index (χ4n) is 3.12. The molecule has 36 heavy (non-hydrogen) atoms. The number of rotatable bonds is 17. The number of nitrogens with two attached hydrogens (primary N) is 3. The van der Waals surface area contributed by atoms with Crippen molar-refractivity contribution in [1.29, 1.82) is 5.41 Å². The van der Waals surface area contributed by atoms with Crippen LogP contribution in [0.1, 0.15) is 52.9 Å². The lowest BCUT2D eigenvalue weighted by Crippen LogP contribution is -2.60. The van der Waals surface area contributed by atoms with Crippen LogP contribution < -0.4 is 38.5 Å². The van der Waals surface area contributed by atoms with Crippen LogP contribution in [0.3, 0.4) is 0 Å². The minimum absolute atomic E-state index is 0.0409. The monoisotopic (exact) mass is 516 g/mol. The van der Waals surface area contributed by atoms with E-state index in [1.54, 1.807) is 13.8 Å². The molecule has 0 fully saturated rings. The van der Waals surface area contributed by atoms with Crippen LogP contribution in [0.2, 0.25) is 0 Å². The first-order valence-corrected chi connectivity index (χ1v) is 11.6. The number of carboxylic acids is 1. The van der Waals surface area contributed by atoms with Crippen molar-refractivity contribution in [2.75, 3.05) is 6.54 Å². The first-order valence-electron chi connectivity index (χ1n) is 11.6. The van der Waals surface area contributed by atoms with Gasteiger partial charge in [-0.1, -0.05) is 13.8 Å². The summed E-state index contributed by atoms with van der Waals surface area (Å²) in [6.45, 7) is 5.07. The van der Waals surface area contributed by atoms with Crippen LogP contribution in [-0.4, -0.2) is 82.6 Å². The smallest absolute Gasteiger partial charge is 0.326 e. The molecule has 15 nitrogen and oxygen atoms in total. The Morgan fingerprint density at radius 2 is 1.47 bits per heavy atom. The highest BCUT2D eigenvalue weighted by atomic mass is 16.4. The van der Waals surface area contributed by atoms with Gasteiger partial charge in [0.25, 0.3) is 0 Å². The largest absolute Gasteiger partial charge is 0.480 e. The van der Waals surface area contributed by atoms with Gasteiger partial charge in [0.15, 0.2) is 5.96 Å². The molecule has 13 N–H and O–H groups in total. The Bertz CT molecular complexity index is 790. The zero-order valence-electron chi connectivity index (χ0n) is 20.9. The average Bonchev–Trinajstić information content (AvgIpc) is 2.75. The second-order valence-electron chi connectivity index (χ2n) is 8.91. The molecule has 0 saturated carbocycles. The topological polar surface area (TPSA) is 276 Å². The van der Waals surface area contributed by atoms with Crippen molar-refractivity contribution in [2.45, 2.75) is 83.1 Å². The molecule has 0 saturated heterocycles. The fourth-order valence-corrected chi connectivity index (χ4v) is 3.12. The molecule has 0 aromatic carbocycles. The predicted octanol–water partition coefficient (Wildman–Crippen LogP) is -3.19. The van der Waals surface area contributed by atoms with Crippen LogP contribution in [0.25, 0.3) is 0 Å². The van der Waals surface area contributed by atoms with Gasteiger partial charge in [-0.25, -0.2) is 4.79 Å². The maximum Gasteiger partial charge on any atom is 0.326 e. The number of guanidine groups is 1. The van der Waals surface area contributed by atoms with Crippen molar-refractivity contribution >= 4 is 35.6 Å². The summed E-state index contributed by atoms with van der Waals surface area (Å²) in [4.78, 5) is 60.5. The summed E-state index contributed by atoms with van der Waals surface area (Å²) in [5, 5.41) is 36.3. The summed E-state index contributed by atoms with van der Waals surface area (Å²) in [5.74, 6) is -4.70.